The molecule has 0 amide bonds. The molecule has 1 atom stereocenters. The largest absolute Gasteiger partial charge is 0.481 e. The molecule has 2 heterocycles. The Morgan fingerprint density at radius 3 is 1.86 bits per heavy atom. The van der Waals surface area contributed by atoms with E-state index in [-0.39, 0.29) is 6.42 Å². The normalized spacial score (nSPS) is 14.7. The Morgan fingerprint density at radius 1 is 0.721 bits per heavy atom. The molecule has 1 aromatic heterocycles. The second kappa shape index (κ2) is 27.6. The van der Waals surface area contributed by atoms with Crippen molar-refractivity contribution in [1.29, 1.82) is 0 Å². The van der Waals surface area contributed by atoms with Crippen LogP contribution in [0.15, 0.2) is 48.5 Å². The van der Waals surface area contributed by atoms with E-state index in [0.29, 0.717) is 6.54 Å². The van der Waals surface area contributed by atoms with Gasteiger partial charge in [0.05, 0.1) is 19.2 Å². The van der Waals surface area contributed by atoms with Crippen LogP contribution in [0, 0.1) is 0 Å². The molecular formula is C38H66N3O2+. The number of carboxylic acids is 1. The van der Waals surface area contributed by atoms with Crippen LogP contribution in [0.2, 0.25) is 0 Å². The van der Waals surface area contributed by atoms with Crippen molar-refractivity contribution in [3.05, 3.63) is 54.0 Å². The standard InChI is InChI=1S/C38H65N3O2/c42-38(43)28-31-39-29-20-16-12-8-4-3-7-11-15-19-25-37-27-23-33-41(35-37)32-21-17-13-9-5-1-2-6-10-14-18-24-36-26-22-30-40-34-36/h22-23,26-27,30,34-35,39H,1-21,24-25,28-29,31-33H2,(H,42,43)/p+1. The van der Waals surface area contributed by atoms with Crippen LogP contribution in [0.5, 0.6) is 0 Å². The van der Waals surface area contributed by atoms with Gasteiger partial charge in [-0.25, -0.2) is 0 Å². The fourth-order valence-electron chi connectivity index (χ4n) is 6.19. The van der Waals surface area contributed by atoms with Gasteiger partial charge in [-0.3, -0.25) is 9.78 Å². The number of quaternary nitrogens is 1. The quantitative estimate of drug-likeness (QED) is 0.0778. The number of aryl methyl sites for hydroxylation is 1. The predicted octanol–water partition coefficient (Wildman–Crippen LogP) is 8.61. The van der Waals surface area contributed by atoms with E-state index < -0.39 is 5.97 Å². The molecule has 0 spiro atoms. The summed E-state index contributed by atoms with van der Waals surface area (Å²) in [7, 11) is 0. The fourth-order valence-corrected chi connectivity index (χ4v) is 6.19. The fraction of sp³-hybridized carbons (Fsp3) is 0.737. The lowest BCUT2D eigenvalue weighted by atomic mass is 10.0. The van der Waals surface area contributed by atoms with Gasteiger partial charge < -0.3 is 15.3 Å². The van der Waals surface area contributed by atoms with E-state index in [1.165, 1.54) is 166 Å². The number of hydrogen-bond donors (Lipinski definition) is 3. The van der Waals surface area contributed by atoms with E-state index in [2.05, 4.69) is 34.7 Å². The van der Waals surface area contributed by atoms with Crippen molar-refractivity contribution in [2.45, 2.75) is 154 Å². The summed E-state index contributed by atoms with van der Waals surface area (Å²) in [4.78, 5) is 16.3. The lowest BCUT2D eigenvalue weighted by Crippen LogP contribution is -3.07. The number of nitrogens with zero attached hydrogens (tertiary/aromatic N) is 1. The van der Waals surface area contributed by atoms with Crippen LogP contribution in [-0.4, -0.2) is 42.2 Å². The zero-order valence-corrected chi connectivity index (χ0v) is 27.6. The molecule has 1 unspecified atom stereocenters. The van der Waals surface area contributed by atoms with Crippen molar-refractivity contribution in [2.75, 3.05) is 26.2 Å². The van der Waals surface area contributed by atoms with E-state index in [1.807, 2.05) is 18.5 Å². The van der Waals surface area contributed by atoms with Gasteiger partial charge in [0.15, 0.2) is 0 Å². The summed E-state index contributed by atoms with van der Waals surface area (Å²) in [5.74, 6) is -0.716. The summed E-state index contributed by atoms with van der Waals surface area (Å²) in [6.07, 6.45) is 42.5. The molecule has 43 heavy (non-hydrogen) atoms. The number of unbranched alkanes of at least 4 members (excludes halogenated alkanes) is 19. The molecule has 0 aliphatic carbocycles. The van der Waals surface area contributed by atoms with Crippen molar-refractivity contribution in [3.8, 4) is 0 Å². The van der Waals surface area contributed by atoms with Crippen LogP contribution < -0.4 is 10.2 Å². The third kappa shape index (κ3) is 23.1. The third-order valence-electron chi connectivity index (χ3n) is 8.87. The molecule has 1 aromatic rings. The number of allylic oxidation sites excluding steroid dienone is 2. The van der Waals surface area contributed by atoms with Crippen LogP contribution in [0.4, 0.5) is 0 Å². The van der Waals surface area contributed by atoms with Crippen molar-refractivity contribution >= 4 is 5.97 Å². The number of hydrogen-bond acceptors (Lipinski definition) is 3. The van der Waals surface area contributed by atoms with E-state index in [9.17, 15) is 4.79 Å². The summed E-state index contributed by atoms with van der Waals surface area (Å²) in [5.41, 5.74) is 2.95. The van der Waals surface area contributed by atoms with Crippen molar-refractivity contribution in [3.63, 3.8) is 0 Å². The van der Waals surface area contributed by atoms with Crippen molar-refractivity contribution < 1.29 is 14.8 Å². The first-order valence-corrected chi connectivity index (χ1v) is 18.3. The van der Waals surface area contributed by atoms with Crippen LogP contribution >= 0.6 is 0 Å². The average molecular weight is 597 g/mol. The lowest BCUT2D eigenvalue weighted by molar-refractivity contribution is -0.841. The second-order valence-electron chi connectivity index (χ2n) is 12.9. The molecule has 1 aliphatic rings. The minimum atomic E-state index is -0.716. The summed E-state index contributed by atoms with van der Waals surface area (Å²) >= 11 is 0. The molecule has 5 heteroatoms. The van der Waals surface area contributed by atoms with E-state index in [4.69, 9.17) is 5.11 Å². The maximum atomic E-state index is 10.5. The second-order valence-corrected chi connectivity index (χ2v) is 12.9. The van der Waals surface area contributed by atoms with Gasteiger partial charge in [0, 0.05) is 24.5 Å². The van der Waals surface area contributed by atoms with Gasteiger partial charge >= 0.3 is 5.97 Å². The maximum absolute atomic E-state index is 10.5. The van der Waals surface area contributed by atoms with Crippen LogP contribution in [-0.2, 0) is 11.2 Å². The molecule has 2 rings (SSSR count). The smallest absolute Gasteiger partial charge is 0.304 e. The SMILES string of the molecule is O=C(O)CCNCCCCCCCCCCCCC1=C[NH+](CCCCCCCCCCCCCc2cccnc2)CC=C1. The number of carboxylic acid groups (broad SMARTS) is 1. The van der Waals surface area contributed by atoms with Gasteiger partial charge in [-0.15, -0.1) is 0 Å². The first-order valence-electron chi connectivity index (χ1n) is 18.3. The molecule has 0 saturated heterocycles. The first kappa shape index (κ1) is 37.2. The monoisotopic (exact) mass is 597 g/mol. The topological polar surface area (TPSA) is 66.7 Å². The molecular weight excluding hydrogens is 530 g/mol. The van der Waals surface area contributed by atoms with Gasteiger partial charge in [-0.05, 0) is 69.2 Å². The number of aliphatic carboxylic acids is 1. The van der Waals surface area contributed by atoms with Crippen LogP contribution in [0.25, 0.3) is 0 Å². The highest BCUT2D eigenvalue weighted by atomic mass is 16.4. The summed E-state index contributed by atoms with van der Waals surface area (Å²) < 4.78 is 0. The number of pyridine rings is 1. The Kier molecular flexibility index (Phi) is 23.8. The Morgan fingerprint density at radius 2 is 1.28 bits per heavy atom. The minimum absolute atomic E-state index is 0.227. The predicted molar refractivity (Wildman–Crippen MR) is 183 cm³/mol. The molecule has 5 nitrogen and oxygen atoms in total. The number of carbonyl (C=O) groups is 1. The highest BCUT2D eigenvalue weighted by molar-refractivity contribution is 5.66. The molecule has 0 fully saturated rings. The van der Waals surface area contributed by atoms with E-state index in [0.717, 1.165) is 6.54 Å². The van der Waals surface area contributed by atoms with E-state index in [1.54, 1.807) is 10.5 Å². The van der Waals surface area contributed by atoms with Crippen molar-refractivity contribution in [1.82, 2.24) is 10.3 Å². The first-order chi connectivity index (χ1) is 21.2. The van der Waals surface area contributed by atoms with Crippen LogP contribution in [0.3, 0.4) is 0 Å². The number of aromatic nitrogens is 1. The highest BCUT2D eigenvalue weighted by Crippen LogP contribution is 2.15. The Labute approximate surface area is 265 Å². The molecule has 0 aromatic carbocycles. The molecule has 0 saturated carbocycles. The minimum Gasteiger partial charge on any atom is -0.481 e. The average Bonchev–Trinajstić information content (AvgIpc) is 3.02. The maximum Gasteiger partial charge on any atom is 0.304 e. The van der Waals surface area contributed by atoms with Gasteiger partial charge in [-0.1, -0.05) is 115 Å². The van der Waals surface area contributed by atoms with E-state index >= 15 is 0 Å². The summed E-state index contributed by atoms with van der Waals surface area (Å²) in [6.45, 7) is 4.02. The number of rotatable bonds is 30. The molecule has 1 aliphatic heterocycles. The zero-order chi connectivity index (χ0) is 30.5. The molecule has 244 valence electrons. The third-order valence-corrected chi connectivity index (χ3v) is 8.87. The molecule has 0 radical (unpaired) electrons. The van der Waals surface area contributed by atoms with Gasteiger partial charge in [0.25, 0.3) is 0 Å². The Bertz CT molecular complexity index is 839. The molecule has 0 bridgehead atoms. The van der Waals surface area contributed by atoms with Crippen LogP contribution in [0.1, 0.15) is 153 Å². The Hall–Kier alpha value is -1.98. The Balaban J connectivity index is 1.30. The molecule has 3 N–H and O–H groups in total. The highest BCUT2D eigenvalue weighted by Gasteiger charge is 2.10. The van der Waals surface area contributed by atoms with Crippen molar-refractivity contribution in [2.24, 2.45) is 0 Å². The summed E-state index contributed by atoms with van der Waals surface area (Å²) in [6, 6.07) is 4.24. The summed E-state index contributed by atoms with van der Waals surface area (Å²) in [5, 5.41) is 11.8. The number of nitrogens with one attached hydrogen (secondary N) is 2. The zero-order valence-electron chi connectivity index (χ0n) is 27.6. The van der Waals surface area contributed by atoms with Gasteiger partial charge in [-0.2, -0.15) is 0 Å². The van der Waals surface area contributed by atoms with Gasteiger partial charge in [0.1, 0.15) is 6.54 Å². The lowest BCUT2D eigenvalue weighted by Gasteiger charge is -2.18. The van der Waals surface area contributed by atoms with Gasteiger partial charge in [0.2, 0.25) is 0 Å².